The van der Waals surface area contributed by atoms with Gasteiger partial charge in [0.05, 0.1) is 0 Å². The predicted octanol–water partition coefficient (Wildman–Crippen LogP) is 3.19. The monoisotopic (exact) mass is 248 g/mol. The van der Waals surface area contributed by atoms with Crippen molar-refractivity contribution in [2.75, 3.05) is 5.43 Å². The van der Waals surface area contributed by atoms with Crippen LogP contribution in [-0.4, -0.2) is 27.1 Å². The Morgan fingerprint density at radius 3 is 2.50 bits per heavy atom. The smallest absolute Gasteiger partial charge is 0.144 e. The van der Waals surface area contributed by atoms with Crippen molar-refractivity contribution in [1.82, 2.24) is 15.0 Å². The third-order valence-electron chi connectivity index (χ3n) is 3.72. The molecule has 0 aliphatic carbocycles. The molecule has 0 saturated carbocycles. The molecule has 2 heterocycles. The average molecular weight is 248 g/mol. The molecule has 2 rings (SSSR count). The Hall–Kier alpha value is -1.16. The number of hydrogen-bond donors (Lipinski definition) is 1. The largest absolute Gasteiger partial charge is 0.302 e. The third kappa shape index (κ3) is 2.99. The Balaban J connectivity index is 2.10. The van der Waals surface area contributed by atoms with E-state index >= 15 is 0 Å². The van der Waals surface area contributed by atoms with Gasteiger partial charge >= 0.3 is 0 Å². The Kier molecular flexibility index (Phi) is 4.17. The minimum Gasteiger partial charge on any atom is -0.302 e. The first kappa shape index (κ1) is 13.3. The number of nitrogens with zero attached hydrogens (tertiary/aromatic N) is 3. The molecule has 0 radical (unpaired) electrons. The van der Waals surface area contributed by atoms with Gasteiger partial charge in [-0.05, 0) is 32.6 Å². The van der Waals surface area contributed by atoms with E-state index in [0.717, 1.165) is 11.5 Å². The maximum Gasteiger partial charge on any atom is 0.144 e. The standard InChI is InChI=1S/C14H24N4/c1-10(2)13-8-14(16-9-15-13)17-18-11(3)6-5-7-12(18)4/h8-12H,5-7H2,1-4H3,(H,15,16,17). The zero-order valence-electron chi connectivity index (χ0n) is 11.8. The maximum atomic E-state index is 4.32. The molecule has 100 valence electrons. The van der Waals surface area contributed by atoms with Crippen molar-refractivity contribution in [3.05, 3.63) is 18.1 Å². The SMILES string of the molecule is CC(C)c1cc(NN2C(C)CCCC2C)ncn1. The average Bonchev–Trinajstić information content (AvgIpc) is 2.34. The Labute approximate surface area is 110 Å². The van der Waals surface area contributed by atoms with Crippen molar-refractivity contribution >= 4 is 5.82 Å². The van der Waals surface area contributed by atoms with Crippen LogP contribution in [0.25, 0.3) is 0 Å². The van der Waals surface area contributed by atoms with Crippen LogP contribution in [0.3, 0.4) is 0 Å². The maximum absolute atomic E-state index is 4.32. The fourth-order valence-corrected chi connectivity index (χ4v) is 2.52. The van der Waals surface area contributed by atoms with Gasteiger partial charge in [-0.3, -0.25) is 0 Å². The molecule has 0 spiro atoms. The van der Waals surface area contributed by atoms with Crippen LogP contribution in [0.1, 0.15) is 58.6 Å². The zero-order chi connectivity index (χ0) is 13.1. The van der Waals surface area contributed by atoms with Crippen LogP contribution in [0.15, 0.2) is 12.4 Å². The number of nitrogens with one attached hydrogen (secondary N) is 1. The van der Waals surface area contributed by atoms with Gasteiger partial charge in [0.2, 0.25) is 0 Å². The van der Waals surface area contributed by atoms with Gasteiger partial charge in [-0.1, -0.05) is 20.3 Å². The summed E-state index contributed by atoms with van der Waals surface area (Å²) in [6, 6.07) is 3.18. The Morgan fingerprint density at radius 1 is 1.22 bits per heavy atom. The topological polar surface area (TPSA) is 41.0 Å². The lowest BCUT2D eigenvalue weighted by Gasteiger charge is -2.39. The summed E-state index contributed by atoms with van der Waals surface area (Å²) in [4.78, 5) is 8.62. The van der Waals surface area contributed by atoms with Gasteiger partial charge in [-0.25, -0.2) is 15.0 Å². The number of piperidine rings is 1. The molecule has 1 aromatic heterocycles. The summed E-state index contributed by atoms with van der Waals surface area (Å²) >= 11 is 0. The molecule has 2 unspecified atom stereocenters. The highest BCUT2D eigenvalue weighted by Crippen LogP contribution is 2.23. The number of anilines is 1. The van der Waals surface area contributed by atoms with Crippen LogP contribution in [-0.2, 0) is 0 Å². The number of rotatable bonds is 3. The molecule has 1 N–H and O–H groups in total. The molecule has 1 aliphatic heterocycles. The summed E-state index contributed by atoms with van der Waals surface area (Å²) in [7, 11) is 0. The van der Waals surface area contributed by atoms with Crippen molar-refractivity contribution in [2.45, 2.75) is 65.0 Å². The van der Waals surface area contributed by atoms with Gasteiger partial charge in [0.1, 0.15) is 12.1 Å². The normalized spacial score (nSPS) is 25.4. The molecule has 0 aromatic carbocycles. The van der Waals surface area contributed by atoms with Crippen LogP contribution in [0.5, 0.6) is 0 Å². The molecule has 1 fully saturated rings. The Morgan fingerprint density at radius 2 is 1.89 bits per heavy atom. The van der Waals surface area contributed by atoms with E-state index in [1.807, 2.05) is 0 Å². The third-order valence-corrected chi connectivity index (χ3v) is 3.72. The summed E-state index contributed by atoms with van der Waals surface area (Å²) < 4.78 is 0. The highest BCUT2D eigenvalue weighted by atomic mass is 15.5. The summed E-state index contributed by atoms with van der Waals surface area (Å²) in [6.07, 6.45) is 5.47. The molecule has 4 nitrogen and oxygen atoms in total. The van der Waals surface area contributed by atoms with Gasteiger partial charge in [-0.15, -0.1) is 0 Å². The van der Waals surface area contributed by atoms with E-state index in [0.29, 0.717) is 18.0 Å². The molecule has 1 saturated heterocycles. The van der Waals surface area contributed by atoms with Crippen LogP contribution in [0.2, 0.25) is 0 Å². The highest BCUT2D eigenvalue weighted by Gasteiger charge is 2.24. The van der Waals surface area contributed by atoms with Crippen molar-refractivity contribution in [3.63, 3.8) is 0 Å². The second-order valence-electron chi connectivity index (χ2n) is 5.63. The molecule has 2 atom stereocenters. The number of hydrazine groups is 1. The van der Waals surface area contributed by atoms with E-state index in [2.05, 4.69) is 54.2 Å². The summed E-state index contributed by atoms with van der Waals surface area (Å²) in [5, 5.41) is 2.33. The van der Waals surface area contributed by atoms with Crippen molar-refractivity contribution in [3.8, 4) is 0 Å². The van der Waals surface area contributed by atoms with E-state index in [-0.39, 0.29) is 0 Å². The first-order valence-electron chi connectivity index (χ1n) is 6.95. The van der Waals surface area contributed by atoms with Gasteiger partial charge in [0.15, 0.2) is 0 Å². The molecule has 0 amide bonds. The molecular weight excluding hydrogens is 224 g/mol. The van der Waals surface area contributed by atoms with Crippen molar-refractivity contribution in [1.29, 1.82) is 0 Å². The number of hydrogen-bond acceptors (Lipinski definition) is 4. The number of aromatic nitrogens is 2. The van der Waals surface area contributed by atoms with Gasteiger partial charge < -0.3 is 5.43 Å². The van der Waals surface area contributed by atoms with E-state index in [1.165, 1.54) is 19.3 Å². The summed E-state index contributed by atoms with van der Waals surface area (Å²) in [5.74, 6) is 1.35. The Bertz CT molecular complexity index is 381. The molecule has 18 heavy (non-hydrogen) atoms. The van der Waals surface area contributed by atoms with Gasteiger partial charge in [0.25, 0.3) is 0 Å². The fraction of sp³-hybridized carbons (Fsp3) is 0.714. The van der Waals surface area contributed by atoms with E-state index in [4.69, 9.17) is 0 Å². The van der Waals surface area contributed by atoms with Gasteiger partial charge in [-0.2, -0.15) is 0 Å². The predicted molar refractivity (Wildman–Crippen MR) is 74.4 cm³/mol. The lowest BCUT2D eigenvalue weighted by atomic mass is 10.00. The molecule has 4 heteroatoms. The zero-order valence-corrected chi connectivity index (χ0v) is 11.8. The van der Waals surface area contributed by atoms with Crippen LogP contribution in [0.4, 0.5) is 5.82 Å². The fourth-order valence-electron chi connectivity index (χ4n) is 2.52. The lowest BCUT2D eigenvalue weighted by Crippen LogP contribution is -2.47. The highest BCUT2D eigenvalue weighted by molar-refractivity contribution is 5.34. The van der Waals surface area contributed by atoms with Crippen molar-refractivity contribution in [2.24, 2.45) is 0 Å². The summed E-state index contributed by atoms with van der Waals surface area (Å²) in [6.45, 7) is 8.84. The summed E-state index contributed by atoms with van der Waals surface area (Å²) in [5.41, 5.74) is 4.55. The molecule has 1 aromatic rings. The second kappa shape index (κ2) is 5.65. The van der Waals surface area contributed by atoms with Gasteiger partial charge in [0, 0.05) is 23.8 Å². The molecular formula is C14H24N4. The minimum absolute atomic E-state index is 0.435. The molecule has 0 bridgehead atoms. The van der Waals surface area contributed by atoms with Crippen molar-refractivity contribution < 1.29 is 0 Å². The first-order valence-corrected chi connectivity index (χ1v) is 6.95. The van der Waals surface area contributed by atoms with E-state index in [9.17, 15) is 0 Å². The van der Waals surface area contributed by atoms with E-state index < -0.39 is 0 Å². The van der Waals surface area contributed by atoms with Crippen LogP contribution < -0.4 is 5.43 Å². The first-order chi connectivity index (χ1) is 8.58. The van der Waals surface area contributed by atoms with E-state index in [1.54, 1.807) is 6.33 Å². The van der Waals surface area contributed by atoms with Crippen LogP contribution in [0, 0.1) is 0 Å². The van der Waals surface area contributed by atoms with Crippen LogP contribution >= 0.6 is 0 Å². The second-order valence-corrected chi connectivity index (χ2v) is 5.63. The lowest BCUT2D eigenvalue weighted by molar-refractivity contribution is 0.135. The quantitative estimate of drug-likeness (QED) is 0.892. The minimum atomic E-state index is 0.435. The molecule has 1 aliphatic rings.